The summed E-state index contributed by atoms with van der Waals surface area (Å²) in [7, 11) is -9.92. The van der Waals surface area contributed by atoms with E-state index in [0.29, 0.717) is 25.7 Å². The van der Waals surface area contributed by atoms with E-state index in [1.807, 2.05) is 0 Å². The maximum Gasteiger partial charge on any atom is 0.472 e. The van der Waals surface area contributed by atoms with Crippen LogP contribution in [0.25, 0.3) is 0 Å². The third-order valence-electron chi connectivity index (χ3n) is 19.3. The van der Waals surface area contributed by atoms with Crippen molar-refractivity contribution in [1.82, 2.24) is 0 Å². The van der Waals surface area contributed by atoms with Gasteiger partial charge >= 0.3 is 39.5 Å². The first-order chi connectivity index (χ1) is 49.0. The molecule has 101 heavy (non-hydrogen) atoms. The van der Waals surface area contributed by atoms with Gasteiger partial charge in [0.15, 0.2) is 12.2 Å². The van der Waals surface area contributed by atoms with E-state index in [1.54, 1.807) is 0 Å². The minimum absolute atomic E-state index is 0.107. The second-order valence-corrected chi connectivity index (χ2v) is 32.9. The standard InChI is InChI=1S/C82H160O17P2/c1-6-9-12-15-18-21-23-25-27-29-30-31-32-34-36-38-43-47-52-57-62-67-81(86)99-78(72-93-80(85)66-61-56-51-46-42-37-35-33-28-26-24-22-19-16-13-10-7-2)74-97-101(90,91)95-70-76(83)69-94-100(88,89)96-73-77(71-92-79(84)65-60-55-50-20-17-14-11-8-3)98-82(87)68-63-58-53-48-44-40-39-41-45-49-54-59-64-75(4)5/h75-78,83H,6-74H2,1-5H3,(H,88,89)(H,90,91)/t76-,77+,78+/m0/s1. The van der Waals surface area contributed by atoms with Crippen LogP contribution in [0, 0.1) is 5.92 Å². The summed E-state index contributed by atoms with van der Waals surface area (Å²) in [6.07, 6.45) is 66.8. The highest BCUT2D eigenvalue weighted by molar-refractivity contribution is 7.47. The van der Waals surface area contributed by atoms with Crippen LogP contribution in [0.3, 0.4) is 0 Å². The van der Waals surface area contributed by atoms with Crippen LogP contribution in [0.15, 0.2) is 0 Å². The van der Waals surface area contributed by atoms with Gasteiger partial charge in [-0.15, -0.1) is 0 Å². The smallest absolute Gasteiger partial charge is 0.462 e. The second-order valence-electron chi connectivity index (χ2n) is 30.0. The predicted molar refractivity (Wildman–Crippen MR) is 414 cm³/mol. The maximum absolute atomic E-state index is 13.1. The van der Waals surface area contributed by atoms with Gasteiger partial charge in [0.25, 0.3) is 0 Å². The summed E-state index contributed by atoms with van der Waals surface area (Å²) in [5, 5.41) is 10.6. The first-order valence-electron chi connectivity index (χ1n) is 42.6. The lowest BCUT2D eigenvalue weighted by Gasteiger charge is -2.21. The van der Waals surface area contributed by atoms with Crippen molar-refractivity contribution < 1.29 is 80.2 Å². The molecule has 17 nitrogen and oxygen atoms in total. The monoisotopic (exact) mass is 1480 g/mol. The minimum atomic E-state index is -4.96. The second kappa shape index (κ2) is 74.9. The van der Waals surface area contributed by atoms with E-state index in [2.05, 4.69) is 34.6 Å². The molecule has 2 unspecified atom stereocenters. The van der Waals surface area contributed by atoms with Gasteiger partial charge in [-0.2, -0.15) is 0 Å². The number of phosphoric ester groups is 2. The van der Waals surface area contributed by atoms with Crippen molar-refractivity contribution in [3.63, 3.8) is 0 Å². The van der Waals surface area contributed by atoms with E-state index >= 15 is 0 Å². The molecular weight excluding hydrogens is 1320 g/mol. The van der Waals surface area contributed by atoms with Gasteiger partial charge in [0.1, 0.15) is 19.3 Å². The number of ether oxygens (including phenoxy) is 4. The fraction of sp³-hybridized carbons (Fsp3) is 0.951. The average molecular weight is 1480 g/mol. The van der Waals surface area contributed by atoms with Crippen LogP contribution in [0.4, 0.5) is 0 Å². The van der Waals surface area contributed by atoms with Crippen molar-refractivity contribution in [2.24, 2.45) is 5.92 Å². The Morgan fingerprint density at radius 1 is 0.267 bits per heavy atom. The molecule has 0 rings (SSSR count). The number of phosphoric acid groups is 2. The Hall–Kier alpha value is -1.94. The lowest BCUT2D eigenvalue weighted by molar-refractivity contribution is -0.161. The lowest BCUT2D eigenvalue weighted by Crippen LogP contribution is -2.30. The lowest BCUT2D eigenvalue weighted by atomic mass is 10.0. The molecule has 600 valence electrons. The molecule has 5 atom stereocenters. The van der Waals surface area contributed by atoms with Gasteiger partial charge in [-0.3, -0.25) is 37.3 Å². The van der Waals surface area contributed by atoms with Crippen LogP contribution in [0.1, 0.15) is 439 Å². The van der Waals surface area contributed by atoms with E-state index in [9.17, 15) is 43.2 Å². The van der Waals surface area contributed by atoms with Crippen LogP contribution >= 0.6 is 15.6 Å². The van der Waals surface area contributed by atoms with Gasteiger partial charge in [0, 0.05) is 25.7 Å². The molecule has 0 spiro atoms. The number of aliphatic hydroxyl groups is 1. The van der Waals surface area contributed by atoms with Crippen LogP contribution in [0.2, 0.25) is 0 Å². The van der Waals surface area contributed by atoms with E-state index in [1.165, 1.54) is 257 Å². The summed E-state index contributed by atoms with van der Waals surface area (Å²) in [5.41, 5.74) is 0. The number of hydrogen-bond acceptors (Lipinski definition) is 15. The van der Waals surface area contributed by atoms with Gasteiger partial charge in [-0.25, -0.2) is 9.13 Å². The topological polar surface area (TPSA) is 237 Å². The first-order valence-corrected chi connectivity index (χ1v) is 45.6. The van der Waals surface area contributed by atoms with E-state index in [4.69, 9.17) is 37.0 Å². The van der Waals surface area contributed by atoms with Crippen molar-refractivity contribution in [3.8, 4) is 0 Å². The van der Waals surface area contributed by atoms with Crippen molar-refractivity contribution in [2.75, 3.05) is 39.6 Å². The molecule has 0 fully saturated rings. The van der Waals surface area contributed by atoms with Crippen molar-refractivity contribution in [3.05, 3.63) is 0 Å². The third-order valence-corrected chi connectivity index (χ3v) is 21.2. The molecule has 0 saturated heterocycles. The number of carbonyl (C=O) groups is 4. The number of esters is 4. The highest BCUT2D eigenvalue weighted by Gasteiger charge is 2.30. The summed E-state index contributed by atoms with van der Waals surface area (Å²) in [6.45, 7) is 7.32. The number of carbonyl (C=O) groups excluding carboxylic acids is 4. The maximum atomic E-state index is 13.1. The quantitative estimate of drug-likeness (QED) is 0.0222. The predicted octanol–water partition coefficient (Wildman–Crippen LogP) is 24.8. The molecule has 19 heteroatoms. The van der Waals surface area contributed by atoms with Crippen LogP contribution in [0.5, 0.6) is 0 Å². The van der Waals surface area contributed by atoms with Gasteiger partial charge in [-0.1, -0.05) is 388 Å². The first kappa shape index (κ1) is 99.1. The van der Waals surface area contributed by atoms with Gasteiger partial charge < -0.3 is 33.8 Å². The summed E-state index contributed by atoms with van der Waals surface area (Å²) in [4.78, 5) is 73.0. The Morgan fingerprint density at radius 2 is 0.455 bits per heavy atom. The normalized spacial score (nSPS) is 13.8. The molecule has 0 aliphatic heterocycles. The number of unbranched alkanes of at least 4 members (excludes halogenated alkanes) is 54. The molecule has 0 saturated carbocycles. The van der Waals surface area contributed by atoms with Crippen molar-refractivity contribution in [2.45, 2.75) is 457 Å². The fourth-order valence-electron chi connectivity index (χ4n) is 12.8. The molecule has 0 aromatic carbocycles. The summed E-state index contributed by atoms with van der Waals surface area (Å²) in [6, 6.07) is 0. The highest BCUT2D eigenvalue weighted by Crippen LogP contribution is 2.45. The Bertz CT molecular complexity index is 1930. The van der Waals surface area contributed by atoms with Crippen molar-refractivity contribution >= 4 is 39.5 Å². The summed E-state index contributed by atoms with van der Waals surface area (Å²) >= 11 is 0. The van der Waals surface area contributed by atoms with Crippen LogP contribution in [-0.4, -0.2) is 96.7 Å². The molecule has 0 aromatic heterocycles. The van der Waals surface area contributed by atoms with Gasteiger partial charge in [0.05, 0.1) is 26.4 Å². The zero-order valence-electron chi connectivity index (χ0n) is 66.1. The Balaban J connectivity index is 5.19. The van der Waals surface area contributed by atoms with Crippen LogP contribution in [-0.2, 0) is 65.4 Å². The molecular formula is C82H160O17P2. The van der Waals surface area contributed by atoms with Gasteiger partial charge in [0.2, 0.25) is 0 Å². The van der Waals surface area contributed by atoms with Crippen molar-refractivity contribution in [1.29, 1.82) is 0 Å². The largest absolute Gasteiger partial charge is 0.472 e. The van der Waals surface area contributed by atoms with Crippen LogP contribution < -0.4 is 0 Å². The highest BCUT2D eigenvalue weighted by atomic mass is 31.2. The van der Waals surface area contributed by atoms with E-state index < -0.39 is 97.5 Å². The molecule has 0 heterocycles. The SMILES string of the molecule is CCCCCCCCCCCCCCCCCCCCCCCC(=O)O[C@H](COC(=O)CCCCCCCCCCCCCCCCCCC)COP(=O)(O)OC[C@@H](O)COP(=O)(O)OC[C@@H](COC(=O)CCCCCCCCCC)OC(=O)CCCCCCCCCCCCCCC(C)C. The fourth-order valence-corrected chi connectivity index (χ4v) is 14.3. The Labute approximate surface area is 619 Å². The zero-order chi connectivity index (χ0) is 74.1. The zero-order valence-corrected chi connectivity index (χ0v) is 67.8. The van der Waals surface area contributed by atoms with E-state index in [-0.39, 0.29) is 25.7 Å². The summed E-state index contributed by atoms with van der Waals surface area (Å²) in [5.74, 6) is -1.33. The average Bonchev–Trinajstić information content (AvgIpc) is 1.04. The van der Waals surface area contributed by atoms with E-state index in [0.717, 1.165) is 102 Å². The molecule has 0 radical (unpaired) electrons. The Morgan fingerprint density at radius 3 is 0.673 bits per heavy atom. The summed E-state index contributed by atoms with van der Waals surface area (Å²) < 4.78 is 68.7. The number of rotatable bonds is 82. The molecule has 0 aromatic rings. The number of aliphatic hydroxyl groups excluding tert-OH is 1. The molecule has 0 bridgehead atoms. The third kappa shape index (κ3) is 76.1. The molecule has 3 N–H and O–H groups in total. The number of hydrogen-bond donors (Lipinski definition) is 3. The molecule has 0 aliphatic rings. The molecule has 0 aliphatic carbocycles. The van der Waals surface area contributed by atoms with Gasteiger partial charge in [-0.05, 0) is 31.6 Å². The Kier molecular flexibility index (Phi) is 73.5. The minimum Gasteiger partial charge on any atom is -0.462 e. The molecule has 0 amide bonds.